The number of aryl methyl sites for hydroxylation is 2. The molecule has 1 nitrogen and oxygen atoms in total. The molecule has 0 aliphatic rings. The van der Waals surface area contributed by atoms with E-state index in [9.17, 15) is 0 Å². The van der Waals surface area contributed by atoms with Crippen LogP contribution in [0.2, 0.25) is 5.02 Å². The summed E-state index contributed by atoms with van der Waals surface area (Å²) < 4.78 is 0. The fraction of sp³-hybridized carbons (Fsp3) is 0.333. The molecule has 0 aliphatic heterocycles. The molecular formula is C9H12ClN. The van der Waals surface area contributed by atoms with Gasteiger partial charge in [-0.1, -0.05) is 24.6 Å². The molecule has 0 radical (unpaired) electrons. The van der Waals surface area contributed by atoms with E-state index < -0.39 is 0 Å². The minimum absolute atomic E-state index is 0.771. The summed E-state index contributed by atoms with van der Waals surface area (Å²) in [5, 5.41) is 0.774. The van der Waals surface area contributed by atoms with Crippen LogP contribution in [-0.2, 0) is 6.42 Å². The van der Waals surface area contributed by atoms with Crippen LogP contribution in [0.4, 0.5) is 5.69 Å². The van der Waals surface area contributed by atoms with Crippen molar-refractivity contribution < 1.29 is 0 Å². The second-order valence-electron chi connectivity index (χ2n) is 2.65. The quantitative estimate of drug-likeness (QED) is 0.643. The number of anilines is 1. The van der Waals surface area contributed by atoms with Crippen molar-refractivity contribution in [1.82, 2.24) is 0 Å². The molecule has 11 heavy (non-hydrogen) atoms. The minimum atomic E-state index is 0.771. The van der Waals surface area contributed by atoms with Gasteiger partial charge in [0.15, 0.2) is 0 Å². The van der Waals surface area contributed by atoms with Crippen LogP contribution >= 0.6 is 11.6 Å². The smallest absolute Gasteiger partial charge is 0.0458 e. The fourth-order valence-electron chi connectivity index (χ4n) is 1.03. The lowest BCUT2D eigenvalue weighted by Gasteiger charge is -2.05. The van der Waals surface area contributed by atoms with E-state index in [0.29, 0.717) is 0 Å². The van der Waals surface area contributed by atoms with Gasteiger partial charge in [-0.2, -0.15) is 0 Å². The Kier molecular flexibility index (Phi) is 2.40. The largest absolute Gasteiger partial charge is 0.398 e. The van der Waals surface area contributed by atoms with Gasteiger partial charge in [-0.25, -0.2) is 0 Å². The molecule has 2 heteroatoms. The molecule has 0 bridgehead atoms. The van der Waals surface area contributed by atoms with Crippen LogP contribution in [-0.4, -0.2) is 0 Å². The predicted molar refractivity (Wildman–Crippen MR) is 50.0 cm³/mol. The number of rotatable bonds is 1. The molecule has 60 valence electrons. The van der Waals surface area contributed by atoms with Crippen LogP contribution in [0.15, 0.2) is 12.1 Å². The van der Waals surface area contributed by atoms with Gasteiger partial charge in [0.25, 0.3) is 0 Å². The summed E-state index contributed by atoms with van der Waals surface area (Å²) in [5.41, 5.74) is 8.70. The summed E-state index contributed by atoms with van der Waals surface area (Å²) in [5.74, 6) is 0. The summed E-state index contributed by atoms with van der Waals surface area (Å²) in [6.07, 6.45) is 0.958. The molecule has 0 atom stereocenters. The molecule has 0 fully saturated rings. The third-order valence-electron chi connectivity index (χ3n) is 1.82. The fourth-order valence-corrected chi connectivity index (χ4v) is 1.33. The molecular weight excluding hydrogens is 158 g/mol. The van der Waals surface area contributed by atoms with Gasteiger partial charge < -0.3 is 5.73 Å². The SMILES string of the molecule is CCc1cc(C)c(N)cc1Cl. The first kappa shape index (κ1) is 8.41. The van der Waals surface area contributed by atoms with Gasteiger partial charge in [0, 0.05) is 10.7 Å². The Morgan fingerprint density at radius 2 is 2.09 bits per heavy atom. The summed E-state index contributed by atoms with van der Waals surface area (Å²) >= 11 is 5.92. The van der Waals surface area contributed by atoms with Gasteiger partial charge in [0.2, 0.25) is 0 Å². The number of hydrogen-bond acceptors (Lipinski definition) is 1. The molecule has 0 aromatic heterocycles. The van der Waals surface area contributed by atoms with Crippen molar-refractivity contribution in [3.63, 3.8) is 0 Å². The van der Waals surface area contributed by atoms with E-state index in [-0.39, 0.29) is 0 Å². The molecule has 0 amide bonds. The molecule has 0 heterocycles. The molecule has 0 saturated carbocycles. The predicted octanol–water partition coefficient (Wildman–Crippen LogP) is 2.79. The molecule has 0 unspecified atom stereocenters. The third-order valence-corrected chi connectivity index (χ3v) is 2.17. The lowest BCUT2D eigenvalue weighted by Crippen LogP contribution is -1.92. The van der Waals surface area contributed by atoms with Gasteiger partial charge >= 0.3 is 0 Å². The Labute approximate surface area is 72.2 Å². The standard InChI is InChI=1S/C9H12ClN/c1-3-7-4-6(2)9(11)5-8(7)10/h4-5H,3,11H2,1-2H3. The highest BCUT2D eigenvalue weighted by molar-refractivity contribution is 6.31. The lowest BCUT2D eigenvalue weighted by atomic mass is 10.1. The van der Waals surface area contributed by atoms with Crippen LogP contribution in [0.1, 0.15) is 18.1 Å². The topological polar surface area (TPSA) is 26.0 Å². The zero-order valence-electron chi connectivity index (χ0n) is 6.82. The molecule has 1 aromatic rings. The average Bonchev–Trinajstić information content (AvgIpc) is 1.97. The van der Waals surface area contributed by atoms with E-state index in [2.05, 4.69) is 6.92 Å². The van der Waals surface area contributed by atoms with Crippen molar-refractivity contribution in [2.45, 2.75) is 20.3 Å². The lowest BCUT2D eigenvalue weighted by molar-refractivity contribution is 1.13. The number of hydrogen-bond donors (Lipinski definition) is 1. The van der Waals surface area contributed by atoms with E-state index in [0.717, 1.165) is 22.7 Å². The average molecular weight is 170 g/mol. The van der Waals surface area contributed by atoms with Gasteiger partial charge in [-0.3, -0.25) is 0 Å². The summed E-state index contributed by atoms with van der Waals surface area (Å²) in [6, 6.07) is 3.85. The minimum Gasteiger partial charge on any atom is -0.398 e. The first-order chi connectivity index (χ1) is 5.15. The zero-order valence-corrected chi connectivity index (χ0v) is 7.57. The van der Waals surface area contributed by atoms with Crippen molar-refractivity contribution in [2.24, 2.45) is 0 Å². The summed E-state index contributed by atoms with van der Waals surface area (Å²) in [6.45, 7) is 4.07. The van der Waals surface area contributed by atoms with E-state index in [4.69, 9.17) is 17.3 Å². The highest BCUT2D eigenvalue weighted by atomic mass is 35.5. The number of benzene rings is 1. The van der Waals surface area contributed by atoms with Crippen molar-refractivity contribution >= 4 is 17.3 Å². The van der Waals surface area contributed by atoms with E-state index in [1.807, 2.05) is 19.1 Å². The molecule has 0 spiro atoms. The van der Waals surface area contributed by atoms with Crippen molar-refractivity contribution in [2.75, 3.05) is 5.73 Å². The normalized spacial score (nSPS) is 10.1. The molecule has 1 aromatic carbocycles. The van der Waals surface area contributed by atoms with Crippen molar-refractivity contribution in [3.05, 3.63) is 28.3 Å². The van der Waals surface area contributed by atoms with Gasteiger partial charge in [0.05, 0.1) is 0 Å². The molecule has 1 rings (SSSR count). The van der Waals surface area contributed by atoms with Crippen LogP contribution < -0.4 is 5.73 Å². The molecule has 2 N–H and O–H groups in total. The van der Waals surface area contributed by atoms with E-state index in [1.165, 1.54) is 5.56 Å². The maximum Gasteiger partial charge on any atom is 0.0458 e. The Balaban J connectivity index is 3.21. The highest BCUT2D eigenvalue weighted by Gasteiger charge is 2.00. The first-order valence-corrected chi connectivity index (χ1v) is 4.07. The number of nitrogen functional groups attached to an aromatic ring is 1. The van der Waals surface area contributed by atoms with Crippen LogP contribution in [0.5, 0.6) is 0 Å². The van der Waals surface area contributed by atoms with Gasteiger partial charge in [-0.05, 0) is 30.5 Å². The summed E-state index contributed by atoms with van der Waals surface area (Å²) in [7, 11) is 0. The Bertz CT molecular complexity index is 269. The van der Waals surface area contributed by atoms with Crippen molar-refractivity contribution in [3.8, 4) is 0 Å². The summed E-state index contributed by atoms with van der Waals surface area (Å²) in [4.78, 5) is 0. The van der Waals surface area contributed by atoms with Crippen LogP contribution in [0, 0.1) is 6.92 Å². The van der Waals surface area contributed by atoms with Gasteiger partial charge in [-0.15, -0.1) is 0 Å². The second-order valence-corrected chi connectivity index (χ2v) is 3.06. The Morgan fingerprint density at radius 3 is 2.64 bits per heavy atom. The first-order valence-electron chi connectivity index (χ1n) is 3.69. The van der Waals surface area contributed by atoms with Crippen LogP contribution in [0.25, 0.3) is 0 Å². The number of nitrogens with two attached hydrogens (primary N) is 1. The van der Waals surface area contributed by atoms with Crippen LogP contribution in [0.3, 0.4) is 0 Å². The monoisotopic (exact) mass is 169 g/mol. The molecule has 0 aliphatic carbocycles. The maximum absolute atomic E-state index is 5.92. The highest BCUT2D eigenvalue weighted by Crippen LogP contribution is 2.22. The van der Waals surface area contributed by atoms with E-state index in [1.54, 1.807) is 0 Å². The van der Waals surface area contributed by atoms with Gasteiger partial charge in [0.1, 0.15) is 0 Å². The second kappa shape index (κ2) is 3.14. The number of halogens is 1. The maximum atomic E-state index is 5.92. The molecule has 0 saturated heterocycles. The zero-order chi connectivity index (χ0) is 8.43. The third kappa shape index (κ3) is 1.66. The Hall–Kier alpha value is -0.690. The van der Waals surface area contributed by atoms with E-state index >= 15 is 0 Å². The van der Waals surface area contributed by atoms with Crippen molar-refractivity contribution in [1.29, 1.82) is 0 Å². The Morgan fingerprint density at radius 1 is 1.45 bits per heavy atom.